The second kappa shape index (κ2) is 4.88. The first kappa shape index (κ1) is 11.6. The molecule has 0 spiro atoms. The Morgan fingerprint density at radius 3 is 2.73 bits per heavy atom. The minimum absolute atomic E-state index is 0.0938. The molecule has 6 heteroatoms. The van der Waals surface area contributed by atoms with Crippen molar-refractivity contribution in [1.29, 1.82) is 0 Å². The van der Waals surface area contributed by atoms with Crippen LogP contribution in [0.3, 0.4) is 0 Å². The van der Waals surface area contributed by atoms with Gasteiger partial charge in [-0.15, -0.1) is 5.10 Å². The summed E-state index contributed by atoms with van der Waals surface area (Å²) in [6, 6.07) is -0.460. The van der Waals surface area contributed by atoms with Crippen molar-refractivity contribution in [3.8, 4) is 0 Å². The van der Waals surface area contributed by atoms with Gasteiger partial charge in [0.1, 0.15) is 0 Å². The highest BCUT2D eigenvalue weighted by molar-refractivity contribution is 5.93. The van der Waals surface area contributed by atoms with Crippen LogP contribution in [0.25, 0.3) is 0 Å². The summed E-state index contributed by atoms with van der Waals surface area (Å²) in [6.07, 6.45) is 0.845. The fourth-order valence-electron chi connectivity index (χ4n) is 1.05. The van der Waals surface area contributed by atoms with Crippen molar-refractivity contribution in [3.63, 3.8) is 0 Å². The highest BCUT2D eigenvalue weighted by Crippen LogP contribution is 2.09. The molecule has 0 aliphatic heterocycles. The standard InChI is InChI=1S/C9H16N4O2/c1-4-5(2)7(10)8(14)11-9-13-12-6(3)15-9/h5,7H,4,10H2,1-3H3,(H,11,13,14). The maximum atomic E-state index is 11.6. The molecule has 1 rings (SSSR count). The van der Waals surface area contributed by atoms with Crippen molar-refractivity contribution in [2.24, 2.45) is 11.7 Å². The Bertz CT molecular complexity index is 337. The van der Waals surface area contributed by atoms with Crippen molar-refractivity contribution < 1.29 is 9.21 Å². The van der Waals surface area contributed by atoms with Crippen molar-refractivity contribution in [3.05, 3.63) is 5.89 Å². The van der Waals surface area contributed by atoms with Crippen LogP contribution in [0.4, 0.5) is 6.01 Å². The number of hydrogen-bond donors (Lipinski definition) is 2. The van der Waals surface area contributed by atoms with Crippen molar-refractivity contribution in [1.82, 2.24) is 10.2 Å². The van der Waals surface area contributed by atoms with E-state index in [1.807, 2.05) is 13.8 Å². The number of aryl methyl sites for hydroxylation is 1. The molecule has 84 valence electrons. The monoisotopic (exact) mass is 212 g/mol. The van der Waals surface area contributed by atoms with Crippen molar-refractivity contribution >= 4 is 11.9 Å². The van der Waals surface area contributed by atoms with Gasteiger partial charge >= 0.3 is 6.01 Å². The van der Waals surface area contributed by atoms with Crippen LogP contribution in [0.5, 0.6) is 0 Å². The third-order valence-corrected chi connectivity index (χ3v) is 2.32. The number of nitrogens with two attached hydrogens (primary N) is 1. The number of aromatic nitrogens is 2. The van der Waals surface area contributed by atoms with Gasteiger partial charge in [-0.25, -0.2) is 0 Å². The largest absolute Gasteiger partial charge is 0.408 e. The molecule has 0 aliphatic rings. The van der Waals surface area contributed by atoms with Gasteiger partial charge < -0.3 is 10.2 Å². The molecule has 1 aromatic heterocycles. The number of amides is 1. The molecule has 2 atom stereocenters. The summed E-state index contributed by atoms with van der Waals surface area (Å²) in [6.45, 7) is 5.55. The summed E-state index contributed by atoms with van der Waals surface area (Å²) in [5, 5.41) is 9.71. The maximum Gasteiger partial charge on any atom is 0.322 e. The molecular weight excluding hydrogens is 196 g/mol. The third-order valence-electron chi connectivity index (χ3n) is 2.32. The highest BCUT2D eigenvalue weighted by Gasteiger charge is 2.20. The lowest BCUT2D eigenvalue weighted by Crippen LogP contribution is -2.40. The van der Waals surface area contributed by atoms with E-state index >= 15 is 0 Å². The fraction of sp³-hybridized carbons (Fsp3) is 0.667. The summed E-state index contributed by atoms with van der Waals surface area (Å²) in [7, 11) is 0. The second-order valence-corrected chi connectivity index (χ2v) is 3.53. The zero-order valence-corrected chi connectivity index (χ0v) is 9.15. The number of rotatable bonds is 4. The van der Waals surface area contributed by atoms with Gasteiger partial charge in [-0.3, -0.25) is 10.1 Å². The van der Waals surface area contributed by atoms with Gasteiger partial charge in [0.25, 0.3) is 0 Å². The molecule has 0 aliphatic carbocycles. The molecule has 0 aromatic carbocycles. The summed E-state index contributed by atoms with van der Waals surface area (Å²) in [5.41, 5.74) is 5.72. The van der Waals surface area contributed by atoms with Crippen LogP contribution in [-0.2, 0) is 4.79 Å². The van der Waals surface area contributed by atoms with E-state index in [0.717, 1.165) is 6.42 Å². The maximum absolute atomic E-state index is 11.6. The first-order valence-electron chi connectivity index (χ1n) is 4.91. The van der Waals surface area contributed by atoms with E-state index in [-0.39, 0.29) is 17.8 Å². The van der Waals surface area contributed by atoms with E-state index in [1.165, 1.54) is 0 Å². The Balaban J connectivity index is 2.55. The van der Waals surface area contributed by atoms with Crippen molar-refractivity contribution in [2.75, 3.05) is 5.32 Å². The van der Waals surface area contributed by atoms with Crippen molar-refractivity contribution in [2.45, 2.75) is 33.2 Å². The Kier molecular flexibility index (Phi) is 3.79. The van der Waals surface area contributed by atoms with Crippen LogP contribution in [-0.4, -0.2) is 22.1 Å². The van der Waals surface area contributed by atoms with E-state index in [9.17, 15) is 4.79 Å². The molecule has 1 aromatic rings. The van der Waals surface area contributed by atoms with Gasteiger partial charge in [-0.2, -0.15) is 0 Å². The SMILES string of the molecule is CCC(C)C(N)C(=O)Nc1nnc(C)o1. The topological polar surface area (TPSA) is 94.0 Å². The molecule has 2 unspecified atom stereocenters. The van der Waals surface area contributed by atoms with Gasteiger partial charge in [-0.1, -0.05) is 25.4 Å². The summed E-state index contributed by atoms with van der Waals surface area (Å²) in [4.78, 5) is 11.6. The molecule has 0 saturated carbocycles. The number of hydrogen-bond acceptors (Lipinski definition) is 5. The van der Waals surface area contributed by atoms with Crippen LogP contribution in [0, 0.1) is 12.8 Å². The molecule has 3 N–H and O–H groups in total. The average Bonchev–Trinajstić information content (AvgIpc) is 2.61. The number of nitrogens with one attached hydrogen (secondary N) is 1. The van der Waals surface area contributed by atoms with E-state index in [0.29, 0.717) is 5.89 Å². The van der Waals surface area contributed by atoms with Crippen LogP contribution in [0.15, 0.2) is 4.42 Å². The Morgan fingerprint density at radius 2 is 2.27 bits per heavy atom. The predicted molar refractivity (Wildman–Crippen MR) is 55.1 cm³/mol. The van der Waals surface area contributed by atoms with Crippen LogP contribution in [0.2, 0.25) is 0 Å². The van der Waals surface area contributed by atoms with Crippen LogP contribution < -0.4 is 11.1 Å². The molecule has 15 heavy (non-hydrogen) atoms. The smallest absolute Gasteiger partial charge is 0.322 e. The number of nitrogens with zero attached hydrogens (tertiary/aromatic N) is 2. The zero-order chi connectivity index (χ0) is 11.4. The quantitative estimate of drug-likeness (QED) is 0.765. The van der Waals surface area contributed by atoms with E-state index in [1.54, 1.807) is 6.92 Å². The molecule has 1 amide bonds. The lowest BCUT2D eigenvalue weighted by atomic mass is 10.00. The Morgan fingerprint density at radius 1 is 1.60 bits per heavy atom. The summed E-state index contributed by atoms with van der Waals surface area (Å²) in [5.74, 6) is 0.226. The van der Waals surface area contributed by atoms with Gasteiger partial charge in [0.15, 0.2) is 0 Å². The third kappa shape index (κ3) is 3.02. The first-order valence-corrected chi connectivity index (χ1v) is 4.91. The lowest BCUT2D eigenvalue weighted by molar-refractivity contribution is -0.118. The Hall–Kier alpha value is -1.43. The minimum atomic E-state index is -0.554. The van der Waals surface area contributed by atoms with Gasteiger partial charge in [0.2, 0.25) is 11.8 Å². The van der Waals surface area contributed by atoms with E-state index in [4.69, 9.17) is 10.2 Å². The molecular formula is C9H16N4O2. The minimum Gasteiger partial charge on any atom is -0.408 e. The normalized spacial score (nSPS) is 14.7. The number of anilines is 1. The molecule has 6 nitrogen and oxygen atoms in total. The molecule has 0 bridgehead atoms. The van der Waals surface area contributed by atoms with Crippen LogP contribution >= 0.6 is 0 Å². The van der Waals surface area contributed by atoms with Gasteiger partial charge in [0.05, 0.1) is 6.04 Å². The number of carbonyl (C=O) groups excluding carboxylic acids is 1. The molecule has 0 fully saturated rings. The molecule has 0 saturated heterocycles. The zero-order valence-electron chi connectivity index (χ0n) is 9.15. The predicted octanol–water partition coefficient (Wildman–Crippen LogP) is 0.690. The number of carbonyl (C=O) groups is 1. The van der Waals surface area contributed by atoms with Crippen LogP contribution in [0.1, 0.15) is 26.2 Å². The van der Waals surface area contributed by atoms with Gasteiger partial charge in [-0.05, 0) is 5.92 Å². The second-order valence-electron chi connectivity index (χ2n) is 3.53. The molecule has 0 radical (unpaired) electrons. The van der Waals surface area contributed by atoms with Gasteiger partial charge in [0, 0.05) is 6.92 Å². The summed E-state index contributed by atoms with van der Waals surface area (Å²) < 4.78 is 5.01. The first-order chi connectivity index (χ1) is 7.04. The fourth-order valence-corrected chi connectivity index (χ4v) is 1.05. The lowest BCUT2D eigenvalue weighted by Gasteiger charge is -2.15. The average molecular weight is 212 g/mol. The highest BCUT2D eigenvalue weighted by atomic mass is 16.4. The Labute approximate surface area is 88.2 Å². The van der Waals surface area contributed by atoms with E-state index in [2.05, 4.69) is 15.5 Å². The van der Waals surface area contributed by atoms with E-state index < -0.39 is 6.04 Å². The summed E-state index contributed by atoms with van der Waals surface area (Å²) >= 11 is 0. The molecule has 1 heterocycles.